The van der Waals surface area contributed by atoms with E-state index in [0.29, 0.717) is 17.8 Å². The number of rotatable bonds is 2. The molecule has 2 aromatic rings. The minimum Gasteiger partial charge on any atom is -0.322 e. The van der Waals surface area contributed by atoms with Crippen LogP contribution in [0.1, 0.15) is 36.7 Å². The lowest BCUT2D eigenvalue weighted by Crippen LogP contribution is -2.38. The molecule has 3 rings (SSSR count). The first-order valence-corrected chi connectivity index (χ1v) is 9.07. The van der Waals surface area contributed by atoms with E-state index in [1.165, 1.54) is 0 Å². The molecule has 0 saturated carbocycles. The Balaban J connectivity index is 1.82. The van der Waals surface area contributed by atoms with Crippen LogP contribution >= 0.6 is 15.9 Å². The monoisotopic (exact) mass is 400 g/mol. The largest absolute Gasteiger partial charge is 0.322 e. The fraction of sp³-hybridized carbons (Fsp3) is 0.300. The smallest absolute Gasteiger partial charge is 0.255 e. The zero-order valence-electron chi connectivity index (χ0n) is 14.6. The molecule has 25 heavy (non-hydrogen) atoms. The van der Waals surface area contributed by atoms with Crippen molar-refractivity contribution in [2.75, 3.05) is 16.8 Å². The lowest BCUT2D eigenvalue weighted by atomic mass is 9.94. The Morgan fingerprint density at radius 2 is 1.76 bits per heavy atom. The van der Waals surface area contributed by atoms with Gasteiger partial charge in [-0.05, 0) is 48.4 Å². The molecule has 0 saturated heterocycles. The van der Waals surface area contributed by atoms with Gasteiger partial charge in [-0.1, -0.05) is 42.8 Å². The van der Waals surface area contributed by atoms with E-state index in [1.807, 2.05) is 56.0 Å². The minimum atomic E-state index is -0.432. The summed E-state index contributed by atoms with van der Waals surface area (Å²) in [7, 11) is 0. The number of benzene rings is 2. The van der Waals surface area contributed by atoms with Gasteiger partial charge in [-0.25, -0.2) is 0 Å². The molecule has 0 bridgehead atoms. The molecule has 4 nitrogen and oxygen atoms in total. The van der Waals surface area contributed by atoms with Crippen molar-refractivity contribution in [2.24, 2.45) is 5.41 Å². The predicted molar refractivity (Wildman–Crippen MR) is 104 cm³/mol. The number of carbonyl (C=O) groups is 2. The molecule has 0 radical (unpaired) electrons. The van der Waals surface area contributed by atoms with Crippen LogP contribution in [0.4, 0.5) is 11.4 Å². The highest BCUT2D eigenvalue weighted by Crippen LogP contribution is 2.34. The third-order valence-corrected chi connectivity index (χ3v) is 4.76. The van der Waals surface area contributed by atoms with Crippen LogP contribution in [0.2, 0.25) is 0 Å². The highest BCUT2D eigenvalue weighted by molar-refractivity contribution is 9.10. The molecular formula is C20H21BrN2O2. The number of nitrogens with zero attached hydrogens (tertiary/aromatic N) is 1. The van der Waals surface area contributed by atoms with Crippen molar-refractivity contribution in [3.63, 3.8) is 0 Å². The number of hydrogen-bond donors (Lipinski definition) is 1. The first-order valence-electron chi connectivity index (χ1n) is 8.27. The number of hydrogen-bond acceptors (Lipinski definition) is 2. The third-order valence-electron chi connectivity index (χ3n) is 4.23. The van der Waals surface area contributed by atoms with Gasteiger partial charge in [-0.2, -0.15) is 0 Å². The second-order valence-corrected chi connectivity index (χ2v) is 8.18. The molecular weight excluding hydrogens is 380 g/mol. The van der Waals surface area contributed by atoms with Crippen LogP contribution < -0.4 is 10.2 Å². The summed E-state index contributed by atoms with van der Waals surface area (Å²) in [4.78, 5) is 26.9. The number of anilines is 2. The summed E-state index contributed by atoms with van der Waals surface area (Å²) < 4.78 is 0.929. The van der Waals surface area contributed by atoms with E-state index in [4.69, 9.17) is 0 Å². The van der Waals surface area contributed by atoms with Crippen LogP contribution in [0.15, 0.2) is 46.9 Å². The van der Waals surface area contributed by atoms with E-state index in [0.717, 1.165) is 22.1 Å². The molecule has 2 amide bonds. The Labute approximate surface area is 156 Å². The van der Waals surface area contributed by atoms with Crippen LogP contribution in [-0.4, -0.2) is 18.4 Å². The average Bonchev–Trinajstić information content (AvgIpc) is 2.96. The quantitative estimate of drug-likeness (QED) is 0.797. The molecule has 5 heteroatoms. The molecule has 0 fully saturated rings. The summed E-state index contributed by atoms with van der Waals surface area (Å²) in [6, 6.07) is 13.0. The summed E-state index contributed by atoms with van der Waals surface area (Å²) in [5, 5.41) is 2.91. The molecule has 2 aromatic carbocycles. The number of amides is 2. The van der Waals surface area contributed by atoms with E-state index in [9.17, 15) is 9.59 Å². The van der Waals surface area contributed by atoms with Crippen LogP contribution in [-0.2, 0) is 11.2 Å². The summed E-state index contributed by atoms with van der Waals surface area (Å²) in [6.45, 7) is 6.46. The van der Waals surface area contributed by atoms with Gasteiger partial charge in [0.2, 0.25) is 5.91 Å². The maximum Gasteiger partial charge on any atom is 0.255 e. The first kappa shape index (κ1) is 17.7. The molecule has 0 aromatic heterocycles. The van der Waals surface area contributed by atoms with Gasteiger partial charge in [-0.15, -0.1) is 0 Å². The SMILES string of the molecule is CC(C)(C)C(=O)N1CCc2ccc(NC(=O)c3ccc(Br)cc3)cc21. The van der Waals surface area contributed by atoms with Gasteiger partial charge in [0.05, 0.1) is 0 Å². The maximum absolute atomic E-state index is 12.7. The Bertz CT molecular complexity index is 823. The van der Waals surface area contributed by atoms with Crippen molar-refractivity contribution < 1.29 is 9.59 Å². The van der Waals surface area contributed by atoms with E-state index >= 15 is 0 Å². The zero-order valence-corrected chi connectivity index (χ0v) is 16.2. The fourth-order valence-electron chi connectivity index (χ4n) is 2.88. The van der Waals surface area contributed by atoms with E-state index < -0.39 is 5.41 Å². The maximum atomic E-state index is 12.7. The van der Waals surface area contributed by atoms with E-state index in [1.54, 1.807) is 12.1 Å². The average molecular weight is 401 g/mol. The van der Waals surface area contributed by atoms with Gasteiger partial charge in [0.25, 0.3) is 5.91 Å². The van der Waals surface area contributed by atoms with Gasteiger partial charge in [0.1, 0.15) is 0 Å². The van der Waals surface area contributed by atoms with Crippen molar-refractivity contribution >= 4 is 39.1 Å². The van der Waals surface area contributed by atoms with Crippen molar-refractivity contribution in [3.05, 3.63) is 58.1 Å². The van der Waals surface area contributed by atoms with Crippen molar-refractivity contribution in [1.29, 1.82) is 0 Å². The summed E-state index contributed by atoms with van der Waals surface area (Å²) in [6.07, 6.45) is 0.845. The Morgan fingerprint density at radius 3 is 2.40 bits per heavy atom. The molecule has 1 N–H and O–H groups in total. The fourth-order valence-corrected chi connectivity index (χ4v) is 3.14. The van der Waals surface area contributed by atoms with Gasteiger partial charge < -0.3 is 10.2 Å². The second-order valence-electron chi connectivity index (χ2n) is 7.26. The van der Waals surface area contributed by atoms with Crippen molar-refractivity contribution in [1.82, 2.24) is 0 Å². The van der Waals surface area contributed by atoms with Crippen LogP contribution in [0.25, 0.3) is 0 Å². The highest BCUT2D eigenvalue weighted by Gasteiger charge is 2.32. The normalized spacial score (nSPS) is 13.5. The number of fused-ring (bicyclic) bond motifs is 1. The molecule has 1 aliphatic heterocycles. The van der Waals surface area contributed by atoms with E-state index in [-0.39, 0.29) is 11.8 Å². The molecule has 130 valence electrons. The Morgan fingerprint density at radius 1 is 1.08 bits per heavy atom. The lowest BCUT2D eigenvalue weighted by Gasteiger charge is -2.26. The highest BCUT2D eigenvalue weighted by atomic mass is 79.9. The minimum absolute atomic E-state index is 0.0997. The lowest BCUT2D eigenvalue weighted by molar-refractivity contribution is -0.125. The molecule has 0 atom stereocenters. The van der Waals surface area contributed by atoms with Gasteiger partial charge >= 0.3 is 0 Å². The first-order chi connectivity index (χ1) is 11.8. The van der Waals surface area contributed by atoms with E-state index in [2.05, 4.69) is 21.2 Å². The van der Waals surface area contributed by atoms with Gasteiger partial charge in [0.15, 0.2) is 0 Å². The molecule has 0 aliphatic carbocycles. The van der Waals surface area contributed by atoms with Crippen molar-refractivity contribution in [2.45, 2.75) is 27.2 Å². The van der Waals surface area contributed by atoms with Crippen LogP contribution in [0.3, 0.4) is 0 Å². The Hall–Kier alpha value is -2.14. The van der Waals surface area contributed by atoms with Crippen LogP contribution in [0, 0.1) is 5.41 Å². The zero-order chi connectivity index (χ0) is 18.2. The van der Waals surface area contributed by atoms with Crippen LogP contribution in [0.5, 0.6) is 0 Å². The summed E-state index contributed by atoms with van der Waals surface area (Å²) >= 11 is 3.36. The third kappa shape index (κ3) is 3.76. The second kappa shape index (κ2) is 6.64. The number of halogens is 1. The summed E-state index contributed by atoms with van der Waals surface area (Å²) in [5.41, 5.74) is 2.89. The number of carbonyl (C=O) groups excluding carboxylic acids is 2. The summed E-state index contributed by atoms with van der Waals surface area (Å²) in [5.74, 6) is -0.0678. The number of nitrogens with one attached hydrogen (secondary N) is 1. The predicted octanol–water partition coefficient (Wildman–Crippen LogP) is 4.64. The van der Waals surface area contributed by atoms with Crippen molar-refractivity contribution in [3.8, 4) is 0 Å². The molecule has 0 unspecified atom stereocenters. The Kier molecular flexibility index (Phi) is 4.69. The topological polar surface area (TPSA) is 49.4 Å². The van der Waals surface area contributed by atoms with Gasteiger partial charge in [0, 0.05) is 33.4 Å². The molecule has 0 spiro atoms. The standard InChI is InChI=1S/C20H21BrN2O2/c1-20(2,3)19(25)23-11-10-13-6-9-16(12-17(13)23)22-18(24)14-4-7-15(21)8-5-14/h4-9,12H,10-11H2,1-3H3,(H,22,24). The molecule has 1 aliphatic rings. The molecule has 1 heterocycles. The van der Waals surface area contributed by atoms with Gasteiger partial charge in [-0.3, -0.25) is 9.59 Å².